The molecule has 0 saturated carbocycles. The Kier molecular flexibility index (Phi) is 9.84. The Morgan fingerprint density at radius 3 is 2.53 bits per heavy atom. The molecule has 1 aromatic carbocycles. The molecule has 2 aliphatic heterocycles. The molecule has 0 bridgehead atoms. The van der Waals surface area contributed by atoms with Gasteiger partial charge in [0.05, 0.1) is 51.2 Å². The molecule has 1 amide bonds. The second-order valence-electron chi connectivity index (χ2n) is 11.1. The van der Waals surface area contributed by atoms with E-state index in [-0.39, 0.29) is 68.7 Å². The van der Waals surface area contributed by atoms with Crippen molar-refractivity contribution in [2.45, 2.75) is 44.3 Å². The lowest BCUT2D eigenvalue weighted by molar-refractivity contribution is -0.142. The number of carbonyl (C=O) groups is 1. The molecule has 5 rings (SSSR count). The van der Waals surface area contributed by atoms with Crippen LogP contribution in [0.1, 0.15) is 30.2 Å². The zero-order valence-corrected chi connectivity index (χ0v) is 25.4. The summed E-state index contributed by atoms with van der Waals surface area (Å²) < 4.78 is 98.0. The molecular formula is C30H32F6N6O5. The normalized spacial score (nSPS) is 17.0. The summed E-state index contributed by atoms with van der Waals surface area (Å²) in [5.41, 5.74) is -3.43. The van der Waals surface area contributed by atoms with Crippen molar-refractivity contribution in [2.75, 3.05) is 56.8 Å². The van der Waals surface area contributed by atoms with Gasteiger partial charge in [-0.1, -0.05) is 12.1 Å². The highest BCUT2D eigenvalue weighted by Gasteiger charge is 2.40. The maximum Gasteiger partial charge on any atom is 0.435 e. The number of methoxy groups -OCH3 is 1. The predicted molar refractivity (Wildman–Crippen MR) is 157 cm³/mol. The first-order valence-corrected chi connectivity index (χ1v) is 14.6. The summed E-state index contributed by atoms with van der Waals surface area (Å²) in [7, 11) is 1.49. The molecular weight excluding hydrogens is 638 g/mol. The fraction of sp³-hybridized carbons (Fsp3) is 0.467. The minimum absolute atomic E-state index is 0.000832. The van der Waals surface area contributed by atoms with Gasteiger partial charge in [0, 0.05) is 31.9 Å². The molecule has 254 valence electrons. The topological polar surface area (TPSA) is 111 Å². The molecule has 1 unspecified atom stereocenters. The summed E-state index contributed by atoms with van der Waals surface area (Å²) in [5, 5.41) is 2.70. The zero-order chi connectivity index (χ0) is 33.9. The van der Waals surface area contributed by atoms with Crippen LogP contribution in [0.15, 0.2) is 47.5 Å². The van der Waals surface area contributed by atoms with Gasteiger partial charge < -0.3 is 33.9 Å². The summed E-state index contributed by atoms with van der Waals surface area (Å²) in [6.45, 7) is 2.36. The van der Waals surface area contributed by atoms with Crippen molar-refractivity contribution in [1.29, 1.82) is 0 Å². The molecule has 0 radical (unpaired) electrons. The van der Waals surface area contributed by atoms with E-state index in [2.05, 4.69) is 15.3 Å². The minimum Gasteiger partial charge on any atom is -0.497 e. The van der Waals surface area contributed by atoms with Crippen LogP contribution in [-0.4, -0.2) is 84.0 Å². The molecule has 2 aliphatic rings. The van der Waals surface area contributed by atoms with Crippen LogP contribution in [0, 0.1) is 0 Å². The highest BCUT2D eigenvalue weighted by atomic mass is 19.4. The highest BCUT2D eigenvalue weighted by Crippen LogP contribution is 2.36. The van der Waals surface area contributed by atoms with Crippen molar-refractivity contribution in [3.05, 3.63) is 69.9 Å². The standard InChI is InChI=1S/C30H32F6N6O5/c1-18(38-22-7-9-41(28(44)25(22)30(34,35)36)14-19-3-5-21(45-2)6-4-19)16-46-12-8-24(43)40-10-11-42-20(15-40)17-47-27-26(42)37-13-23(39-27)29(31,32)33/h3-7,9,13,18,20,38H,8,10-12,14-17H2,1-2H3/t18-,20?/m0/s1. The van der Waals surface area contributed by atoms with Crippen molar-refractivity contribution in [3.63, 3.8) is 0 Å². The van der Waals surface area contributed by atoms with Crippen LogP contribution in [0.5, 0.6) is 11.6 Å². The number of carbonyl (C=O) groups excluding carboxylic acids is 1. The first-order valence-electron chi connectivity index (χ1n) is 14.6. The molecule has 11 nitrogen and oxygen atoms in total. The van der Waals surface area contributed by atoms with Gasteiger partial charge in [0.2, 0.25) is 5.91 Å². The number of hydrogen-bond donors (Lipinski definition) is 1. The van der Waals surface area contributed by atoms with Gasteiger partial charge in [-0.3, -0.25) is 9.59 Å². The Hall–Kier alpha value is -4.54. The second kappa shape index (κ2) is 13.7. The van der Waals surface area contributed by atoms with E-state index in [9.17, 15) is 35.9 Å². The third-order valence-electron chi connectivity index (χ3n) is 7.72. The van der Waals surface area contributed by atoms with Gasteiger partial charge in [0.15, 0.2) is 11.5 Å². The second-order valence-corrected chi connectivity index (χ2v) is 11.1. The average molecular weight is 671 g/mol. The number of fused-ring (bicyclic) bond motifs is 3. The molecule has 3 aromatic rings. The smallest absolute Gasteiger partial charge is 0.435 e. The number of pyridine rings is 1. The van der Waals surface area contributed by atoms with Gasteiger partial charge in [-0.25, -0.2) is 9.97 Å². The Balaban J connectivity index is 1.11. The Morgan fingerprint density at radius 2 is 1.85 bits per heavy atom. The van der Waals surface area contributed by atoms with Gasteiger partial charge >= 0.3 is 12.4 Å². The zero-order valence-electron chi connectivity index (χ0n) is 25.4. The number of amides is 1. The summed E-state index contributed by atoms with van der Waals surface area (Å²) in [6, 6.07) is 6.85. The van der Waals surface area contributed by atoms with Gasteiger partial charge in [-0.15, -0.1) is 0 Å². The molecule has 17 heteroatoms. The van der Waals surface area contributed by atoms with Gasteiger partial charge in [-0.05, 0) is 30.7 Å². The van der Waals surface area contributed by atoms with Crippen LogP contribution in [0.4, 0.5) is 37.8 Å². The summed E-state index contributed by atoms with van der Waals surface area (Å²) in [5.74, 6) is 0.334. The number of nitrogens with one attached hydrogen (secondary N) is 1. The summed E-state index contributed by atoms with van der Waals surface area (Å²) >= 11 is 0. The monoisotopic (exact) mass is 670 g/mol. The largest absolute Gasteiger partial charge is 0.497 e. The lowest BCUT2D eigenvalue weighted by Gasteiger charge is -2.44. The van der Waals surface area contributed by atoms with Crippen molar-refractivity contribution >= 4 is 17.4 Å². The number of nitrogens with zero attached hydrogens (tertiary/aromatic N) is 5. The molecule has 1 N–H and O–H groups in total. The number of anilines is 2. The molecule has 1 fully saturated rings. The van der Waals surface area contributed by atoms with Crippen LogP contribution < -0.4 is 25.2 Å². The number of rotatable bonds is 10. The molecule has 4 heterocycles. The third-order valence-corrected chi connectivity index (χ3v) is 7.72. The van der Waals surface area contributed by atoms with Crippen LogP contribution >= 0.6 is 0 Å². The average Bonchev–Trinajstić information content (AvgIpc) is 3.03. The van der Waals surface area contributed by atoms with E-state index in [0.29, 0.717) is 30.6 Å². The fourth-order valence-electron chi connectivity index (χ4n) is 5.38. The number of ether oxygens (including phenoxy) is 3. The lowest BCUT2D eigenvalue weighted by atomic mass is 10.1. The van der Waals surface area contributed by atoms with Crippen LogP contribution in [0.25, 0.3) is 0 Å². The Morgan fingerprint density at radius 1 is 1.11 bits per heavy atom. The van der Waals surface area contributed by atoms with Crippen molar-refractivity contribution in [3.8, 4) is 11.6 Å². The predicted octanol–water partition coefficient (Wildman–Crippen LogP) is 4.05. The number of hydrogen-bond acceptors (Lipinski definition) is 9. The third kappa shape index (κ3) is 7.89. The minimum atomic E-state index is -4.91. The number of benzene rings is 1. The molecule has 0 aliphatic carbocycles. The SMILES string of the molecule is COc1ccc(Cn2ccc(N[C@@H](C)COCCC(=O)N3CCN4c5ncc(C(F)(F)F)nc5OCC4C3)c(C(F)(F)F)c2=O)cc1. The molecule has 0 spiro atoms. The van der Waals surface area contributed by atoms with Gasteiger partial charge in [0.1, 0.15) is 17.9 Å². The first kappa shape index (κ1) is 33.8. The Bertz CT molecular complexity index is 1630. The quantitative estimate of drug-likeness (QED) is 0.252. The van der Waals surface area contributed by atoms with Gasteiger partial charge in [-0.2, -0.15) is 26.3 Å². The van der Waals surface area contributed by atoms with Crippen molar-refractivity contribution in [2.24, 2.45) is 0 Å². The lowest BCUT2D eigenvalue weighted by Crippen LogP contribution is -2.58. The van der Waals surface area contributed by atoms with Crippen molar-refractivity contribution in [1.82, 2.24) is 19.4 Å². The van der Waals surface area contributed by atoms with E-state index < -0.39 is 35.2 Å². The van der Waals surface area contributed by atoms with E-state index in [4.69, 9.17) is 14.2 Å². The maximum atomic E-state index is 14.0. The van der Waals surface area contributed by atoms with Crippen LogP contribution in [0.2, 0.25) is 0 Å². The van der Waals surface area contributed by atoms with Crippen LogP contribution in [0.3, 0.4) is 0 Å². The molecule has 2 atom stereocenters. The first-order chi connectivity index (χ1) is 22.2. The van der Waals surface area contributed by atoms with E-state index in [0.717, 1.165) is 4.57 Å². The highest BCUT2D eigenvalue weighted by molar-refractivity contribution is 5.76. The van der Waals surface area contributed by atoms with E-state index in [1.165, 1.54) is 19.4 Å². The number of piperazine rings is 1. The molecule has 2 aromatic heterocycles. The fourth-order valence-corrected chi connectivity index (χ4v) is 5.38. The maximum absolute atomic E-state index is 14.0. The van der Waals surface area contributed by atoms with Crippen molar-refractivity contribution < 1.29 is 45.3 Å². The number of halogens is 6. The van der Waals surface area contributed by atoms with E-state index >= 15 is 0 Å². The molecule has 47 heavy (non-hydrogen) atoms. The van der Waals surface area contributed by atoms with E-state index in [1.807, 2.05) is 0 Å². The summed E-state index contributed by atoms with van der Waals surface area (Å²) in [6.07, 6.45) is -7.63. The number of aromatic nitrogens is 3. The number of alkyl halides is 6. The molecule has 1 saturated heterocycles. The summed E-state index contributed by atoms with van der Waals surface area (Å²) in [4.78, 5) is 36.5. The van der Waals surface area contributed by atoms with Crippen LogP contribution in [-0.2, 0) is 28.4 Å². The van der Waals surface area contributed by atoms with E-state index in [1.54, 1.807) is 41.0 Å². The Labute approximate surface area is 265 Å². The van der Waals surface area contributed by atoms with Gasteiger partial charge in [0.25, 0.3) is 11.4 Å².